The molecule has 1 aliphatic rings. The van der Waals surface area contributed by atoms with Gasteiger partial charge in [0.1, 0.15) is 6.07 Å². The summed E-state index contributed by atoms with van der Waals surface area (Å²) in [6.07, 6.45) is 5.67. The van der Waals surface area contributed by atoms with Crippen molar-refractivity contribution < 1.29 is 10.0 Å². The summed E-state index contributed by atoms with van der Waals surface area (Å²) in [5.74, 6) is 0.0907. The van der Waals surface area contributed by atoms with Crippen LogP contribution in [0.3, 0.4) is 0 Å². The van der Waals surface area contributed by atoms with Gasteiger partial charge in [-0.3, -0.25) is 10.1 Å². The van der Waals surface area contributed by atoms with Gasteiger partial charge in [0, 0.05) is 18.8 Å². The molecule has 0 saturated heterocycles. The molecule has 0 spiro atoms. The Kier molecular flexibility index (Phi) is 4.15. The van der Waals surface area contributed by atoms with Crippen molar-refractivity contribution in [3.63, 3.8) is 0 Å². The molecule has 2 N–H and O–H groups in total. The van der Waals surface area contributed by atoms with Gasteiger partial charge in [0.15, 0.2) is 0 Å². The number of nitrogens with zero attached hydrogens (tertiary/aromatic N) is 3. The number of nitrogens with one attached hydrogen (secondary N) is 1. The lowest BCUT2D eigenvalue weighted by Crippen LogP contribution is -2.39. The summed E-state index contributed by atoms with van der Waals surface area (Å²) >= 11 is 0. The minimum Gasteiger partial charge on any atom is -0.388 e. The van der Waals surface area contributed by atoms with Gasteiger partial charge in [-0.25, -0.2) is 4.98 Å². The van der Waals surface area contributed by atoms with Crippen LogP contribution < -0.4 is 5.32 Å². The molecule has 106 valence electrons. The maximum Gasteiger partial charge on any atom is 0.312 e. The number of aromatic nitrogens is 1. The molecular formula is C13H16N4O3. The summed E-state index contributed by atoms with van der Waals surface area (Å²) in [7, 11) is 0. The second-order valence-corrected chi connectivity index (χ2v) is 5.10. The van der Waals surface area contributed by atoms with Crippen LogP contribution in [-0.4, -0.2) is 27.2 Å². The monoisotopic (exact) mass is 276 g/mol. The Morgan fingerprint density at radius 2 is 2.20 bits per heavy atom. The Bertz CT molecular complexity index is 547. The average Bonchev–Trinajstić information content (AvgIpc) is 2.45. The van der Waals surface area contributed by atoms with Gasteiger partial charge in [-0.05, 0) is 12.8 Å². The van der Waals surface area contributed by atoms with Crippen molar-refractivity contribution in [2.45, 2.75) is 37.7 Å². The Balaban J connectivity index is 2.13. The predicted molar refractivity (Wildman–Crippen MR) is 72.1 cm³/mol. The number of nitro groups is 1. The molecule has 0 aliphatic heterocycles. The van der Waals surface area contributed by atoms with E-state index >= 15 is 0 Å². The van der Waals surface area contributed by atoms with Gasteiger partial charge in [-0.15, -0.1) is 0 Å². The van der Waals surface area contributed by atoms with Crippen LogP contribution >= 0.6 is 0 Å². The van der Waals surface area contributed by atoms with Crippen LogP contribution in [0.4, 0.5) is 11.5 Å². The number of nitriles is 1. The summed E-state index contributed by atoms with van der Waals surface area (Å²) < 4.78 is 0. The van der Waals surface area contributed by atoms with E-state index in [0.29, 0.717) is 12.8 Å². The second-order valence-electron chi connectivity index (χ2n) is 5.10. The SMILES string of the molecule is N#Cc1cnc(NCC2(O)CCCCC2)c([N+](=O)[O-])c1. The summed E-state index contributed by atoms with van der Waals surface area (Å²) in [5.41, 5.74) is -0.941. The van der Waals surface area contributed by atoms with Crippen molar-refractivity contribution in [3.05, 3.63) is 27.9 Å². The lowest BCUT2D eigenvalue weighted by Gasteiger charge is -2.32. The fourth-order valence-electron chi connectivity index (χ4n) is 2.42. The van der Waals surface area contributed by atoms with Gasteiger partial charge < -0.3 is 10.4 Å². The molecule has 0 radical (unpaired) electrons. The quantitative estimate of drug-likeness (QED) is 0.642. The van der Waals surface area contributed by atoms with Gasteiger partial charge in [0.05, 0.1) is 16.1 Å². The molecule has 0 bridgehead atoms. The smallest absolute Gasteiger partial charge is 0.312 e. The van der Waals surface area contributed by atoms with Crippen molar-refractivity contribution in [2.24, 2.45) is 0 Å². The highest BCUT2D eigenvalue weighted by atomic mass is 16.6. The first-order valence-electron chi connectivity index (χ1n) is 6.55. The maximum absolute atomic E-state index is 11.0. The molecule has 0 aromatic carbocycles. The molecular weight excluding hydrogens is 260 g/mol. The summed E-state index contributed by atoms with van der Waals surface area (Å²) in [4.78, 5) is 14.3. The number of rotatable bonds is 4. The number of pyridine rings is 1. The lowest BCUT2D eigenvalue weighted by atomic mass is 9.85. The molecule has 1 aromatic heterocycles. The predicted octanol–water partition coefficient (Wildman–Crippen LogP) is 1.97. The first-order chi connectivity index (χ1) is 9.54. The highest BCUT2D eigenvalue weighted by Gasteiger charge is 2.30. The Hall–Kier alpha value is -2.20. The topological polar surface area (TPSA) is 112 Å². The zero-order valence-corrected chi connectivity index (χ0v) is 11.0. The number of hydrogen-bond acceptors (Lipinski definition) is 6. The molecule has 20 heavy (non-hydrogen) atoms. The zero-order valence-electron chi connectivity index (χ0n) is 11.0. The van der Waals surface area contributed by atoms with E-state index in [1.807, 2.05) is 6.07 Å². The number of aliphatic hydroxyl groups is 1. The average molecular weight is 276 g/mol. The van der Waals surface area contributed by atoms with Crippen LogP contribution in [0, 0.1) is 21.4 Å². The van der Waals surface area contributed by atoms with Crippen molar-refractivity contribution in [1.82, 2.24) is 4.98 Å². The first kappa shape index (κ1) is 14.2. The third kappa shape index (κ3) is 3.22. The number of anilines is 1. The van der Waals surface area contributed by atoms with Crippen LogP contribution in [0.2, 0.25) is 0 Å². The van der Waals surface area contributed by atoms with Crippen LogP contribution in [-0.2, 0) is 0 Å². The van der Waals surface area contributed by atoms with Gasteiger partial charge in [-0.2, -0.15) is 5.26 Å². The van der Waals surface area contributed by atoms with Crippen LogP contribution in [0.25, 0.3) is 0 Å². The van der Waals surface area contributed by atoms with Crippen molar-refractivity contribution in [2.75, 3.05) is 11.9 Å². The standard InChI is InChI=1S/C13H16N4O3/c14-7-10-6-11(17(19)20)12(15-8-10)16-9-13(18)4-2-1-3-5-13/h6,8,18H,1-5,9H2,(H,15,16). The van der Waals surface area contributed by atoms with Gasteiger partial charge in [0.25, 0.3) is 0 Å². The van der Waals surface area contributed by atoms with Gasteiger partial charge >= 0.3 is 5.69 Å². The molecule has 0 unspecified atom stereocenters. The third-order valence-corrected chi connectivity index (χ3v) is 3.56. The minimum absolute atomic E-state index is 0.0907. The fraction of sp³-hybridized carbons (Fsp3) is 0.538. The Morgan fingerprint density at radius 1 is 1.50 bits per heavy atom. The van der Waals surface area contributed by atoms with E-state index in [4.69, 9.17) is 5.26 Å². The Morgan fingerprint density at radius 3 is 2.80 bits per heavy atom. The lowest BCUT2D eigenvalue weighted by molar-refractivity contribution is -0.384. The van der Waals surface area contributed by atoms with Crippen molar-refractivity contribution in [1.29, 1.82) is 5.26 Å². The molecule has 1 aliphatic carbocycles. The van der Waals surface area contributed by atoms with E-state index in [1.54, 1.807) is 0 Å². The van der Waals surface area contributed by atoms with Gasteiger partial charge in [-0.1, -0.05) is 19.3 Å². The van der Waals surface area contributed by atoms with E-state index < -0.39 is 10.5 Å². The molecule has 0 atom stereocenters. The summed E-state index contributed by atoms with van der Waals surface area (Å²) in [5, 5.41) is 32.9. The van der Waals surface area contributed by atoms with Crippen LogP contribution in [0.1, 0.15) is 37.7 Å². The summed E-state index contributed by atoms with van der Waals surface area (Å²) in [6, 6.07) is 3.00. The summed E-state index contributed by atoms with van der Waals surface area (Å²) in [6.45, 7) is 0.229. The van der Waals surface area contributed by atoms with E-state index in [2.05, 4.69) is 10.3 Å². The molecule has 1 fully saturated rings. The Labute approximate surface area is 116 Å². The first-order valence-corrected chi connectivity index (χ1v) is 6.55. The minimum atomic E-state index is -0.832. The van der Waals surface area contributed by atoms with Crippen molar-refractivity contribution in [3.8, 4) is 6.07 Å². The van der Waals surface area contributed by atoms with Crippen molar-refractivity contribution >= 4 is 11.5 Å². The van der Waals surface area contributed by atoms with Gasteiger partial charge in [0.2, 0.25) is 5.82 Å². The van der Waals surface area contributed by atoms with Crippen LogP contribution in [0.15, 0.2) is 12.3 Å². The zero-order chi connectivity index (χ0) is 14.6. The molecule has 1 heterocycles. The third-order valence-electron chi connectivity index (χ3n) is 3.56. The van der Waals surface area contributed by atoms with E-state index in [9.17, 15) is 15.2 Å². The largest absolute Gasteiger partial charge is 0.388 e. The second kappa shape index (κ2) is 5.84. The van der Waals surface area contributed by atoms with E-state index in [1.165, 1.54) is 12.3 Å². The van der Waals surface area contributed by atoms with Crippen LogP contribution in [0.5, 0.6) is 0 Å². The highest BCUT2D eigenvalue weighted by molar-refractivity contribution is 5.58. The molecule has 1 aromatic rings. The highest BCUT2D eigenvalue weighted by Crippen LogP contribution is 2.29. The normalized spacial score (nSPS) is 17.2. The molecule has 0 amide bonds. The molecule has 1 saturated carbocycles. The van der Waals surface area contributed by atoms with E-state index in [-0.39, 0.29) is 23.6 Å². The maximum atomic E-state index is 11.0. The number of hydrogen-bond donors (Lipinski definition) is 2. The molecule has 7 nitrogen and oxygen atoms in total. The fourth-order valence-corrected chi connectivity index (χ4v) is 2.42. The van der Waals surface area contributed by atoms with E-state index in [0.717, 1.165) is 19.3 Å². The molecule has 2 rings (SSSR count). The molecule has 7 heteroatoms.